The Balaban J connectivity index is 2.51. The van der Waals surface area contributed by atoms with Crippen LogP contribution in [0.2, 0.25) is 0 Å². The smallest absolute Gasteiger partial charge is 0.306 e. The van der Waals surface area contributed by atoms with Crippen molar-refractivity contribution in [2.24, 2.45) is 11.8 Å². The normalized spacial score (nSPS) is 31.7. The minimum atomic E-state index is -0.787. The van der Waals surface area contributed by atoms with Crippen molar-refractivity contribution in [1.82, 2.24) is 5.32 Å². The number of carboxylic acids is 1. The standard InChI is InChI=1S/C7H13NO3/c9-4-5-3-8-2-1-6(5)7(10)11/h5-6,8-9H,1-4H2,(H,10,11). The van der Waals surface area contributed by atoms with Gasteiger partial charge in [0.15, 0.2) is 0 Å². The number of aliphatic hydroxyl groups excluding tert-OH is 1. The summed E-state index contributed by atoms with van der Waals surface area (Å²) < 4.78 is 0. The Bertz CT molecular complexity index is 149. The summed E-state index contributed by atoms with van der Waals surface area (Å²) in [5.41, 5.74) is 0. The van der Waals surface area contributed by atoms with Gasteiger partial charge in [-0.3, -0.25) is 4.79 Å². The molecular weight excluding hydrogens is 146 g/mol. The molecule has 1 rings (SSSR count). The van der Waals surface area contributed by atoms with Crippen molar-refractivity contribution < 1.29 is 15.0 Å². The molecule has 11 heavy (non-hydrogen) atoms. The first-order valence-electron chi connectivity index (χ1n) is 3.80. The largest absolute Gasteiger partial charge is 0.481 e. The van der Waals surface area contributed by atoms with E-state index < -0.39 is 5.97 Å². The minimum absolute atomic E-state index is 0.0377. The van der Waals surface area contributed by atoms with Crippen molar-refractivity contribution in [2.75, 3.05) is 19.7 Å². The highest BCUT2D eigenvalue weighted by Gasteiger charge is 2.29. The molecular formula is C7H13NO3. The maximum absolute atomic E-state index is 10.6. The van der Waals surface area contributed by atoms with Crippen molar-refractivity contribution in [2.45, 2.75) is 6.42 Å². The highest BCUT2D eigenvalue weighted by atomic mass is 16.4. The zero-order valence-corrected chi connectivity index (χ0v) is 6.29. The predicted octanol–water partition coefficient (Wildman–Crippen LogP) is -0.711. The van der Waals surface area contributed by atoms with E-state index in [0.29, 0.717) is 13.0 Å². The van der Waals surface area contributed by atoms with Crippen LogP contribution in [-0.2, 0) is 4.79 Å². The monoisotopic (exact) mass is 159 g/mol. The maximum atomic E-state index is 10.6. The molecule has 0 aromatic carbocycles. The molecule has 2 unspecified atom stereocenters. The van der Waals surface area contributed by atoms with E-state index in [2.05, 4.69) is 5.32 Å². The van der Waals surface area contributed by atoms with Crippen LogP contribution in [0.5, 0.6) is 0 Å². The molecule has 0 aliphatic carbocycles. The Hall–Kier alpha value is -0.610. The molecule has 0 spiro atoms. The van der Waals surface area contributed by atoms with Gasteiger partial charge in [-0.15, -0.1) is 0 Å². The van der Waals surface area contributed by atoms with Crippen LogP contribution in [0.15, 0.2) is 0 Å². The SMILES string of the molecule is O=C(O)C1CCNCC1CO. The maximum Gasteiger partial charge on any atom is 0.306 e. The average Bonchev–Trinajstić information content (AvgIpc) is 2.04. The van der Waals surface area contributed by atoms with Crippen LogP contribution in [0, 0.1) is 11.8 Å². The second-order valence-electron chi connectivity index (χ2n) is 2.88. The first-order valence-corrected chi connectivity index (χ1v) is 3.80. The van der Waals surface area contributed by atoms with Gasteiger partial charge in [-0.25, -0.2) is 0 Å². The number of piperidine rings is 1. The highest BCUT2D eigenvalue weighted by molar-refractivity contribution is 5.70. The van der Waals surface area contributed by atoms with Crippen LogP contribution in [0.1, 0.15) is 6.42 Å². The number of rotatable bonds is 2. The molecule has 3 N–H and O–H groups in total. The molecule has 1 aliphatic heterocycles. The number of aliphatic carboxylic acids is 1. The van der Waals surface area contributed by atoms with E-state index >= 15 is 0 Å². The third kappa shape index (κ3) is 1.91. The lowest BCUT2D eigenvalue weighted by Crippen LogP contribution is -2.41. The molecule has 1 heterocycles. The Kier molecular flexibility index (Phi) is 2.84. The lowest BCUT2D eigenvalue weighted by atomic mass is 9.87. The Morgan fingerprint density at radius 1 is 1.64 bits per heavy atom. The van der Waals surface area contributed by atoms with E-state index in [0.717, 1.165) is 6.54 Å². The molecule has 1 fully saturated rings. The Morgan fingerprint density at radius 2 is 2.36 bits per heavy atom. The molecule has 0 aromatic heterocycles. The fraction of sp³-hybridized carbons (Fsp3) is 0.857. The van der Waals surface area contributed by atoms with Crippen LogP contribution in [-0.4, -0.2) is 35.9 Å². The third-order valence-electron chi connectivity index (χ3n) is 2.16. The minimum Gasteiger partial charge on any atom is -0.481 e. The van der Waals surface area contributed by atoms with Crippen LogP contribution >= 0.6 is 0 Å². The summed E-state index contributed by atoms with van der Waals surface area (Å²) in [5, 5.41) is 20.6. The molecule has 0 saturated carbocycles. The van der Waals surface area contributed by atoms with Gasteiger partial charge < -0.3 is 15.5 Å². The molecule has 1 saturated heterocycles. The van der Waals surface area contributed by atoms with Gasteiger partial charge >= 0.3 is 5.97 Å². The van der Waals surface area contributed by atoms with E-state index in [1.165, 1.54) is 0 Å². The molecule has 4 heteroatoms. The van der Waals surface area contributed by atoms with Crippen molar-refractivity contribution >= 4 is 5.97 Å². The first-order chi connectivity index (χ1) is 5.25. The number of aliphatic hydroxyl groups is 1. The van der Waals surface area contributed by atoms with Gasteiger partial charge in [0, 0.05) is 19.1 Å². The second-order valence-corrected chi connectivity index (χ2v) is 2.88. The van der Waals surface area contributed by atoms with E-state index in [1.54, 1.807) is 0 Å². The zero-order valence-electron chi connectivity index (χ0n) is 6.29. The molecule has 1 aliphatic rings. The summed E-state index contributed by atoms with van der Waals surface area (Å²) in [6.45, 7) is 1.32. The second kappa shape index (κ2) is 3.69. The van der Waals surface area contributed by atoms with E-state index in [-0.39, 0.29) is 18.4 Å². The summed E-state index contributed by atoms with van der Waals surface area (Å²) in [4.78, 5) is 10.6. The highest BCUT2D eigenvalue weighted by Crippen LogP contribution is 2.18. The van der Waals surface area contributed by atoms with Gasteiger partial charge in [0.25, 0.3) is 0 Å². The van der Waals surface area contributed by atoms with Crippen molar-refractivity contribution in [3.8, 4) is 0 Å². The van der Waals surface area contributed by atoms with Gasteiger partial charge in [0.1, 0.15) is 0 Å². The topological polar surface area (TPSA) is 69.6 Å². The summed E-state index contributed by atoms with van der Waals surface area (Å²) in [6.07, 6.45) is 0.626. The molecule has 2 atom stereocenters. The summed E-state index contributed by atoms with van der Waals surface area (Å²) in [5.74, 6) is -1.26. The molecule has 0 bridgehead atoms. The molecule has 4 nitrogen and oxygen atoms in total. The van der Waals surface area contributed by atoms with Gasteiger partial charge in [-0.05, 0) is 13.0 Å². The zero-order chi connectivity index (χ0) is 8.27. The van der Waals surface area contributed by atoms with Crippen LogP contribution < -0.4 is 5.32 Å². The van der Waals surface area contributed by atoms with Crippen molar-refractivity contribution in [3.05, 3.63) is 0 Å². The Labute approximate surface area is 65.2 Å². The third-order valence-corrected chi connectivity index (χ3v) is 2.16. The molecule has 64 valence electrons. The van der Waals surface area contributed by atoms with Crippen LogP contribution in [0.4, 0.5) is 0 Å². The fourth-order valence-electron chi connectivity index (χ4n) is 1.44. The lowest BCUT2D eigenvalue weighted by molar-refractivity contribution is -0.145. The van der Waals surface area contributed by atoms with Gasteiger partial charge in [0.05, 0.1) is 5.92 Å². The van der Waals surface area contributed by atoms with E-state index in [4.69, 9.17) is 10.2 Å². The number of hydrogen-bond donors (Lipinski definition) is 3. The Morgan fingerprint density at radius 3 is 2.82 bits per heavy atom. The van der Waals surface area contributed by atoms with Gasteiger partial charge in [-0.2, -0.15) is 0 Å². The molecule has 0 amide bonds. The predicted molar refractivity (Wildman–Crippen MR) is 39.2 cm³/mol. The fourth-order valence-corrected chi connectivity index (χ4v) is 1.44. The number of carbonyl (C=O) groups is 1. The van der Waals surface area contributed by atoms with Crippen molar-refractivity contribution in [3.63, 3.8) is 0 Å². The van der Waals surface area contributed by atoms with Gasteiger partial charge in [0.2, 0.25) is 0 Å². The van der Waals surface area contributed by atoms with E-state index in [9.17, 15) is 4.79 Å². The summed E-state index contributed by atoms with van der Waals surface area (Å²) in [7, 11) is 0. The number of carboxylic acid groups (broad SMARTS) is 1. The van der Waals surface area contributed by atoms with Gasteiger partial charge in [-0.1, -0.05) is 0 Å². The van der Waals surface area contributed by atoms with Crippen LogP contribution in [0.3, 0.4) is 0 Å². The average molecular weight is 159 g/mol. The lowest BCUT2D eigenvalue weighted by Gasteiger charge is -2.27. The van der Waals surface area contributed by atoms with E-state index in [1.807, 2.05) is 0 Å². The number of hydrogen-bond acceptors (Lipinski definition) is 3. The number of nitrogens with one attached hydrogen (secondary N) is 1. The quantitative estimate of drug-likeness (QED) is 0.498. The van der Waals surface area contributed by atoms with Crippen LogP contribution in [0.25, 0.3) is 0 Å². The molecule has 0 aromatic rings. The summed E-state index contributed by atoms with van der Waals surface area (Å²) >= 11 is 0. The first kappa shape index (κ1) is 8.49. The molecule has 0 radical (unpaired) electrons. The summed E-state index contributed by atoms with van der Waals surface area (Å²) in [6, 6.07) is 0. The van der Waals surface area contributed by atoms with Crippen molar-refractivity contribution in [1.29, 1.82) is 0 Å².